The van der Waals surface area contributed by atoms with Crippen LogP contribution in [0.3, 0.4) is 0 Å². The number of likely N-dealkylation sites (N-methyl/N-ethyl adjacent to an activating group) is 2. The predicted molar refractivity (Wildman–Crippen MR) is 339 cm³/mol. The molecule has 0 spiro atoms. The molecule has 3 aromatic carbocycles. The van der Waals surface area contributed by atoms with Crippen LogP contribution in [0.2, 0.25) is 0 Å². The average molecular weight is 1280 g/mol. The van der Waals surface area contributed by atoms with E-state index in [1.54, 1.807) is 65.0 Å². The van der Waals surface area contributed by atoms with Crippen molar-refractivity contribution < 1.29 is 93.7 Å². The molecule has 26 nitrogen and oxygen atoms in total. The number of phenols is 4. The molecular weight excluding hydrogens is 1190 g/mol. The summed E-state index contributed by atoms with van der Waals surface area (Å²) in [5, 5.41) is 111. The number of benzene rings is 3. The Hall–Kier alpha value is -8.53. The van der Waals surface area contributed by atoms with Crippen LogP contribution < -0.4 is 20.7 Å². The van der Waals surface area contributed by atoms with Crippen molar-refractivity contribution >= 4 is 69.3 Å². The zero-order chi connectivity index (χ0) is 68.2. The molecule has 26 heteroatoms. The molecule has 498 valence electrons. The number of carbonyl (C=O) groups excluding carboxylic acids is 6. The van der Waals surface area contributed by atoms with Crippen molar-refractivity contribution in [3.63, 3.8) is 0 Å². The first kappa shape index (κ1) is 69.4. The van der Waals surface area contributed by atoms with Gasteiger partial charge in [-0.1, -0.05) is 45.9 Å². The number of aliphatic hydroxyl groups excluding tert-OH is 4. The number of fused-ring (bicyclic) bond motifs is 17. The molecule has 0 radical (unpaired) electrons. The molecule has 10 rings (SSSR count). The number of rotatable bonds is 7. The fourth-order valence-electron chi connectivity index (χ4n) is 13.6. The van der Waals surface area contributed by atoms with Crippen molar-refractivity contribution in [3.05, 3.63) is 93.0 Å². The topological polar surface area (TPSA) is 385 Å². The summed E-state index contributed by atoms with van der Waals surface area (Å²) in [6.07, 6.45) is 5.18. The van der Waals surface area contributed by atoms with Gasteiger partial charge < -0.3 is 85.8 Å². The molecule has 4 aliphatic heterocycles. The summed E-state index contributed by atoms with van der Waals surface area (Å²) in [6.45, 7) is 15.1. The van der Waals surface area contributed by atoms with E-state index in [2.05, 4.69) is 15.3 Å². The second kappa shape index (κ2) is 26.6. The fourth-order valence-corrected chi connectivity index (χ4v) is 13.6. The van der Waals surface area contributed by atoms with Gasteiger partial charge >= 0.3 is 11.8 Å². The first-order valence-corrected chi connectivity index (χ1v) is 30.3. The van der Waals surface area contributed by atoms with E-state index in [4.69, 9.17) is 24.7 Å². The molecular formula is C66H85N7O19. The minimum atomic E-state index is -2.63. The number of nitrogens with two attached hydrogens (primary N) is 1. The number of methoxy groups -OCH3 is 1. The van der Waals surface area contributed by atoms with Gasteiger partial charge in [0.25, 0.3) is 17.6 Å². The summed E-state index contributed by atoms with van der Waals surface area (Å²) in [4.78, 5) is 84.6. The summed E-state index contributed by atoms with van der Waals surface area (Å²) in [7, 11) is 10.2. The van der Waals surface area contributed by atoms with Crippen LogP contribution in [0.4, 0.5) is 11.4 Å². The number of aliphatic hydroxyl groups is 5. The lowest BCUT2D eigenvalue weighted by molar-refractivity contribution is -0.160. The van der Waals surface area contributed by atoms with Gasteiger partial charge in [0.15, 0.2) is 17.1 Å². The molecule has 3 aliphatic carbocycles. The number of Topliss-reactive ketones (excluding diaryl/α,β-unsaturated/α-hetero) is 3. The van der Waals surface area contributed by atoms with Crippen molar-refractivity contribution in [2.24, 2.45) is 46.3 Å². The molecule has 2 amide bonds. The number of piperazine rings is 1. The highest BCUT2D eigenvalue weighted by Crippen LogP contribution is 2.56. The summed E-state index contributed by atoms with van der Waals surface area (Å²) in [6, 6.07) is 2.01. The van der Waals surface area contributed by atoms with E-state index in [0.717, 1.165) is 18.8 Å². The van der Waals surface area contributed by atoms with Gasteiger partial charge in [-0.15, -0.1) is 0 Å². The third kappa shape index (κ3) is 12.3. The number of phenolic OH excluding ortho intramolecular Hbond substituents is 4. The number of hydrogen-bond donors (Lipinski definition) is 11. The van der Waals surface area contributed by atoms with Crippen molar-refractivity contribution in [2.45, 2.75) is 110 Å². The van der Waals surface area contributed by atoms with Gasteiger partial charge in [-0.05, 0) is 77.5 Å². The zero-order valence-corrected chi connectivity index (χ0v) is 54.1. The number of aromatic hydroxyl groups is 4. The SMILES string of the molecule is CN(C)c1ccc(O)c2c1C[C@H]1C[C@H]3[C@H](N(C)C)C(=O)C(C(N)=O)=C(O)[C@@]3(O)C(=O)C1=C2O.CO[C@H]1/C=C/O[C@@]2(C)Oc3c(C)c(O)c4c(O)c(c(/C=N\N5CCN(C)CC5)c(O)c4c3C2=O)NC(=O)/C(C)=C\C=C\[C@@H](C)[C@H](O)[C@@H](C)[C@H](O)[C@@H](C)[C@H](OC(C)=O)[C@@H]1C. The molecule has 5 bridgehead atoms. The Bertz CT molecular complexity index is 3690. The van der Waals surface area contributed by atoms with Gasteiger partial charge in [0.05, 0.1) is 64.6 Å². The summed E-state index contributed by atoms with van der Waals surface area (Å²) >= 11 is 0. The van der Waals surface area contributed by atoms with Crippen LogP contribution in [0.5, 0.6) is 28.7 Å². The molecule has 92 heavy (non-hydrogen) atoms. The standard InChI is InChI=1S/C43H58N4O12.C23H27N3O7/c1-21-12-11-13-22(2)42(55)45-33-28(20-44-47-17-15-46(9)16-18-47)37(52)30-31(38(33)53)36(51)26(6)40-32(30)41(54)43(8,59-40)57-19-14-29(56-10)23(3)39(58-27(7)48)25(5)35(50)24(4)34(21)49;1-25(2)12-5-6-13(27)15-10(12)7-9-8-11-17(26(3)4)19(29)16(22(24)32)21(31)23(11,33)20(30)14(9)18(15)28/h11-14,19-21,23-25,29,34-35,39,49-53H,15-18H2,1-10H3,(H,45,55);5-6,9,11,17,27-28,31,33H,7-8H2,1-4H3,(H2,24,32)/b12-11+,19-14+,22-13-,44-20-;/t21-,23-,24-,25-,29+,34+,35+,39-,43+;9-,11-,17-,23-/m10/s1. The quantitative estimate of drug-likeness (QED) is 0.0514. The Labute approximate surface area is 532 Å². The van der Waals surface area contributed by atoms with E-state index < -0.39 is 147 Å². The fraction of sp³-hybridized carbons (Fsp3) is 0.500. The van der Waals surface area contributed by atoms with Crippen molar-refractivity contribution in [3.8, 4) is 28.7 Å². The van der Waals surface area contributed by atoms with Crippen LogP contribution in [-0.4, -0.2) is 212 Å². The van der Waals surface area contributed by atoms with Crippen molar-refractivity contribution in [1.29, 1.82) is 0 Å². The Kier molecular flexibility index (Phi) is 20.0. The van der Waals surface area contributed by atoms with Gasteiger partial charge in [0.1, 0.15) is 46.2 Å². The lowest BCUT2D eigenvalue weighted by atomic mass is 9.57. The molecule has 13 atom stereocenters. The Morgan fingerprint density at radius 1 is 0.859 bits per heavy atom. The number of carbonyl (C=O) groups is 6. The van der Waals surface area contributed by atoms with Crippen LogP contribution in [0.15, 0.2) is 70.3 Å². The van der Waals surface area contributed by atoms with E-state index >= 15 is 0 Å². The number of amides is 2. The third-order valence-corrected chi connectivity index (χ3v) is 18.9. The number of allylic oxidation sites excluding steroid dienone is 2. The van der Waals surface area contributed by atoms with E-state index in [1.165, 1.54) is 70.4 Å². The normalized spacial score (nSPS) is 31.0. The first-order valence-electron chi connectivity index (χ1n) is 30.3. The zero-order valence-electron chi connectivity index (χ0n) is 54.1. The van der Waals surface area contributed by atoms with E-state index in [9.17, 15) is 74.7 Å². The number of hydrazone groups is 1. The van der Waals surface area contributed by atoms with Crippen LogP contribution >= 0.6 is 0 Å². The highest BCUT2D eigenvalue weighted by Gasteiger charge is 2.64. The number of anilines is 2. The third-order valence-electron chi connectivity index (χ3n) is 18.9. The maximum Gasteiger partial charge on any atom is 0.312 e. The molecule has 1 saturated carbocycles. The first-order chi connectivity index (χ1) is 43.1. The van der Waals surface area contributed by atoms with Crippen LogP contribution in [0, 0.1) is 42.4 Å². The van der Waals surface area contributed by atoms with Crippen LogP contribution in [0.1, 0.15) is 87.5 Å². The molecule has 1 saturated heterocycles. The van der Waals surface area contributed by atoms with E-state index in [-0.39, 0.29) is 74.2 Å². The Morgan fingerprint density at radius 3 is 2.11 bits per heavy atom. The largest absolute Gasteiger partial charge is 0.508 e. The van der Waals surface area contributed by atoms with Crippen LogP contribution in [0.25, 0.3) is 16.5 Å². The number of ketones is 3. The van der Waals surface area contributed by atoms with Crippen LogP contribution in [-0.2, 0) is 44.6 Å². The van der Waals surface area contributed by atoms with Gasteiger partial charge in [0.2, 0.25) is 5.78 Å². The van der Waals surface area contributed by atoms with Crippen molar-refractivity contribution in [1.82, 2.24) is 14.8 Å². The molecule has 0 unspecified atom stereocenters. The number of ether oxygens (including phenoxy) is 4. The maximum absolute atomic E-state index is 14.4. The Balaban J connectivity index is 0.000000277. The van der Waals surface area contributed by atoms with Gasteiger partial charge in [-0.25, -0.2) is 0 Å². The minimum absolute atomic E-state index is 0.0559. The second-order valence-corrected chi connectivity index (χ2v) is 25.4. The molecule has 2 fully saturated rings. The monoisotopic (exact) mass is 1280 g/mol. The summed E-state index contributed by atoms with van der Waals surface area (Å²) in [5.41, 5.74) is 2.80. The lowest BCUT2D eigenvalue weighted by Gasteiger charge is -2.50. The maximum atomic E-state index is 14.4. The molecule has 4 heterocycles. The Morgan fingerprint density at radius 2 is 1.51 bits per heavy atom. The van der Waals surface area contributed by atoms with E-state index in [1.807, 2.05) is 26.0 Å². The minimum Gasteiger partial charge on any atom is -0.508 e. The van der Waals surface area contributed by atoms with Gasteiger partial charge in [0, 0.05) is 119 Å². The molecule has 0 aromatic heterocycles. The van der Waals surface area contributed by atoms with Crippen molar-refractivity contribution in [2.75, 3.05) is 78.7 Å². The highest BCUT2D eigenvalue weighted by atomic mass is 16.7. The smallest absolute Gasteiger partial charge is 0.312 e. The number of nitrogens with one attached hydrogen (secondary N) is 1. The second-order valence-electron chi connectivity index (χ2n) is 25.4. The van der Waals surface area contributed by atoms with Gasteiger partial charge in [-0.3, -0.25) is 38.7 Å². The van der Waals surface area contributed by atoms with Gasteiger partial charge in [-0.2, -0.15) is 5.10 Å². The highest BCUT2D eigenvalue weighted by molar-refractivity contribution is 6.25. The molecule has 3 aromatic rings. The summed E-state index contributed by atoms with van der Waals surface area (Å²) in [5.74, 6) is -14.9. The lowest BCUT2D eigenvalue weighted by Crippen LogP contribution is -2.65. The molecule has 12 N–H and O–H groups in total. The van der Waals surface area contributed by atoms with E-state index in [0.29, 0.717) is 18.7 Å². The predicted octanol–water partition coefficient (Wildman–Crippen LogP) is 4.37. The average Bonchev–Trinajstić information content (AvgIpc) is 0.951. The number of esters is 1. The number of nitrogens with zero attached hydrogens (tertiary/aromatic N) is 5. The number of hydrogen-bond acceptors (Lipinski definition) is 24. The number of primary amides is 1. The summed E-state index contributed by atoms with van der Waals surface area (Å²) < 4.78 is 23.6. The molecule has 7 aliphatic rings.